The highest BCUT2D eigenvalue weighted by atomic mass is 16.5. The van der Waals surface area contributed by atoms with E-state index in [1.807, 2.05) is 0 Å². The second-order valence-electron chi connectivity index (χ2n) is 3.79. The van der Waals surface area contributed by atoms with Crippen LogP contribution in [0.15, 0.2) is 12.3 Å². The van der Waals surface area contributed by atoms with E-state index in [1.165, 1.54) is 13.0 Å². The van der Waals surface area contributed by atoms with Crippen molar-refractivity contribution in [3.05, 3.63) is 12.3 Å². The van der Waals surface area contributed by atoms with Gasteiger partial charge >= 0.3 is 0 Å². The first-order chi connectivity index (χ1) is 6.33. The lowest BCUT2D eigenvalue weighted by Crippen LogP contribution is -2.51. The average molecular weight is 184 g/mol. The lowest BCUT2D eigenvalue weighted by atomic mass is 10.2. The van der Waals surface area contributed by atoms with E-state index in [-0.39, 0.29) is 0 Å². The minimum absolute atomic E-state index is 0.925. The molecule has 1 rings (SSSR count). The normalized spacial score (nSPS) is 22.3. The molecule has 76 valence electrons. The first-order valence-electron chi connectivity index (χ1n) is 5.44. The van der Waals surface area contributed by atoms with Crippen molar-refractivity contribution in [3.8, 4) is 0 Å². The van der Waals surface area contributed by atoms with Crippen LogP contribution in [0, 0.1) is 0 Å². The molecule has 0 unspecified atom stereocenters. The molecular formula is C11H22NO+. The van der Waals surface area contributed by atoms with E-state index in [1.54, 1.807) is 0 Å². The molecule has 1 aliphatic heterocycles. The monoisotopic (exact) mass is 184 g/mol. The van der Waals surface area contributed by atoms with Crippen molar-refractivity contribution in [3.63, 3.8) is 0 Å². The van der Waals surface area contributed by atoms with Crippen LogP contribution in [0.4, 0.5) is 0 Å². The van der Waals surface area contributed by atoms with Gasteiger partial charge in [0.1, 0.15) is 13.1 Å². The van der Waals surface area contributed by atoms with E-state index < -0.39 is 0 Å². The Morgan fingerprint density at radius 1 is 1.23 bits per heavy atom. The molecule has 13 heavy (non-hydrogen) atoms. The van der Waals surface area contributed by atoms with Gasteiger partial charge in [0.05, 0.1) is 26.0 Å². The van der Waals surface area contributed by atoms with Crippen molar-refractivity contribution in [1.82, 2.24) is 0 Å². The largest absolute Gasteiger partial charge is 0.370 e. The van der Waals surface area contributed by atoms with E-state index >= 15 is 0 Å². The van der Waals surface area contributed by atoms with Crippen LogP contribution >= 0.6 is 0 Å². The van der Waals surface area contributed by atoms with Crippen molar-refractivity contribution < 1.29 is 9.22 Å². The van der Waals surface area contributed by atoms with Gasteiger partial charge in [0, 0.05) is 0 Å². The van der Waals surface area contributed by atoms with Gasteiger partial charge in [-0.05, 0) is 18.9 Å². The zero-order valence-electron chi connectivity index (χ0n) is 8.96. The second kappa shape index (κ2) is 5.40. The second-order valence-corrected chi connectivity index (χ2v) is 3.79. The summed E-state index contributed by atoms with van der Waals surface area (Å²) in [5, 5.41) is 0. The molecule has 0 N–H and O–H groups in total. The van der Waals surface area contributed by atoms with Gasteiger partial charge in [-0.2, -0.15) is 0 Å². The highest BCUT2D eigenvalue weighted by Crippen LogP contribution is 2.13. The number of quaternary nitrogens is 1. The first-order valence-corrected chi connectivity index (χ1v) is 5.44. The molecule has 0 aliphatic carbocycles. The first kappa shape index (κ1) is 10.7. The number of nitrogens with zero attached hydrogens (tertiary/aromatic N) is 1. The Bertz CT molecular complexity index is 154. The Balaban J connectivity index is 2.55. The molecule has 1 saturated heterocycles. The van der Waals surface area contributed by atoms with E-state index in [0.717, 1.165) is 37.2 Å². The summed E-state index contributed by atoms with van der Waals surface area (Å²) in [6, 6.07) is 0. The van der Waals surface area contributed by atoms with Crippen LogP contribution in [0.25, 0.3) is 0 Å². The SMILES string of the molecule is CCC=C[N+]1(CCC)CCOCC1. The summed E-state index contributed by atoms with van der Waals surface area (Å²) in [5.74, 6) is 0. The molecule has 0 saturated carbocycles. The molecule has 0 atom stereocenters. The number of rotatable bonds is 4. The van der Waals surface area contributed by atoms with Gasteiger partial charge in [-0.25, -0.2) is 0 Å². The molecule has 0 aromatic carbocycles. The van der Waals surface area contributed by atoms with Crippen molar-refractivity contribution >= 4 is 0 Å². The maximum absolute atomic E-state index is 5.40. The lowest BCUT2D eigenvalue weighted by Gasteiger charge is -2.37. The fourth-order valence-corrected chi connectivity index (χ4v) is 1.93. The van der Waals surface area contributed by atoms with Gasteiger partial charge in [0.25, 0.3) is 0 Å². The quantitative estimate of drug-likeness (QED) is 0.608. The number of hydrogen-bond donors (Lipinski definition) is 0. The summed E-state index contributed by atoms with van der Waals surface area (Å²) in [6.07, 6.45) is 7.08. The molecule has 2 heteroatoms. The smallest absolute Gasteiger partial charge is 0.107 e. The Kier molecular flexibility index (Phi) is 4.46. The molecule has 1 fully saturated rings. The van der Waals surface area contributed by atoms with Gasteiger partial charge < -0.3 is 4.74 Å². The number of morpholine rings is 1. The van der Waals surface area contributed by atoms with E-state index in [9.17, 15) is 0 Å². The van der Waals surface area contributed by atoms with Crippen LogP contribution < -0.4 is 0 Å². The van der Waals surface area contributed by atoms with Crippen LogP contribution in [-0.4, -0.2) is 37.3 Å². The van der Waals surface area contributed by atoms with Crippen molar-refractivity contribution in [1.29, 1.82) is 0 Å². The maximum atomic E-state index is 5.40. The van der Waals surface area contributed by atoms with Gasteiger partial charge in [-0.3, -0.25) is 4.48 Å². The van der Waals surface area contributed by atoms with E-state index in [4.69, 9.17) is 4.74 Å². The molecule has 0 bridgehead atoms. The summed E-state index contributed by atoms with van der Waals surface area (Å²) < 4.78 is 6.54. The molecule has 2 nitrogen and oxygen atoms in total. The van der Waals surface area contributed by atoms with Gasteiger partial charge in [0.2, 0.25) is 0 Å². The molecule has 0 radical (unpaired) electrons. The standard InChI is InChI=1S/C11H22NO/c1-3-5-7-12(6-4-2)8-10-13-11-9-12/h5,7H,3-4,6,8-11H2,1-2H3/q+1. The number of hydrogen-bond acceptors (Lipinski definition) is 1. The van der Waals surface area contributed by atoms with E-state index in [2.05, 4.69) is 26.1 Å². The summed E-state index contributed by atoms with van der Waals surface area (Å²) in [5.41, 5.74) is 0. The zero-order valence-corrected chi connectivity index (χ0v) is 8.96. The van der Waals surface area contributed by atoms with Crippen LogP contribution in [0.3, 0.4) is 0 Å². The highest BCUT2D eigenvalue weighted by molar-refractivity contribution is 4.74. The summed E-state index contributed by atoms with van der Waals surface area (Å²) in [7, 11) is 0. The van der Waals surface area contributed by atoms with Crippen LogP contribution in [0.5, 0.6) is 0 Å². The molecule has 1 aliphatic rings. The molecular weight excluding hydrogens is 162 g/mol. The Morgan fingerprint density at radius 3 is 2.46 bits per heavy atom. The van der Waals surface area contributed by atoms with Gasteiger partial charge in [-0.15, -0.1) is 0 Å². The Morgan fingerprint density at radius 2 is 1.92 bits per heavy atom. The predicted molar refractivity (Wildman–Crippen MR) is 55.4 cm³/mol. The number of allylic oxidation sites excluding steroid dienone is 1. The van der Waals surface area contributed by atoms with Crippen LogP contribution in [0.1, 0.15) is 26.7 Å². The molecule has 0 aromatic heterocycles. The lowest BCUT2D eigenvalue weighted by molar-refractivity contribution is -0.887. The third kappa shape index (κ3) is 3.12. The summed E-state index contributed by atoms with van der Waals surface area (Å²) in [6.45, 7) is 9.88. The zero-order chi connectivity index (χ0) is 9.57. The maximum Gasteiger partial charge on any atom is 0.107 e. The predicted octanol–water partition coefficient (Wildman–Crippen LogP) is 2.17. The third-order valence-electron chi connectivity index (χ3n) is 2.69. The van der Waals surface area contributed by atoms with Gasteiger partial charge in [-0.1, -0.05) is 13.8 Å². The van der Waals surface area contributed by atoms with Crippen LogP contribution in [0.2, 0.25) is 0 Å². The molecule has 1 heterocycles. The minimum Gasteiger partial charge on any atom is -0.370 e. The fourth-order valence-electron chi connectivity index (χ4n) is 1.93. The summed E-state index contributed by atoms with van der Waals surface area (Å²) in [4.78, 5) is 0. The van der Waals surface area contributed by atoms with Gasteiger partial charge in [0.15, 0.2) is 0 Å². The van der Waals surface area contributed by atoms with E-state index in [0.29, 0.717) is 0 Å². The molecule has 0 aromatic rings. The molecule has 0 spiro atoms. The Hall–Kier alpha value is -0.340. The van der Waals surface area contributed by atoms with Crippen LogP contribution in [-0.2, 0) is 4.74 Å². The Labute approximate surface area is 81.8 Å². The molecule has 0 amide bonds. The highest BCUT2D eigenvalue weighted by Gasteiger charge is 2.26. The summed E-state index contributed by atoms with van der Waals surface area (Å²) >= 11 is 0. The fraction of sp³-hybridized carbons (Fsp3) is 0.818. The van der Waals surface area contributed by atoms with Crippen molar-refractivity contribution in [2.24, 2.45) is 0 Å². The minimum atomic E-state index is 0.925. The number of ether oxygens (including phenoxy) is 1. The topological polar surface area (TPSA) is 9.23 Å². The average Bonchev–Trinajstić information content (AvgIpc) is 2.17. The van der Waals surface area contributed by atoms with Crippen molar-refractivity contribution in [2.45, 2.75) is 26.7 Å². The van der Waals surface area contributed by atoms with Crippen molar-refractivity contribution in [2.75, 3.05) is 32.8 Å². The third-order valence-corrected chi connectivity index (χ3v) is 2.69.